The van der Waals surface area contributed by atoms with Crippen LogP contribution < -0.4 is 14.2 Å². The lowest BCUT2D eigenvalue weighted by molar-refractivity contribution is -0.173. The summed E-state index contributed by atoms with van der Waals surface area (Å²) in [6.45, 7) is 7.54. The molecule has 1 amide bonds. The molecule has 6 nitrogen and oxygen atoms in total. The van der Waals surface area contributed by atoms with Gasteiger partial charge in [0, 0.05) is 24.6 Å². The Labute approximate surface area is 194 Å². The molecule has 0 unspecified atom stereocenters. The van der Waals surface area contributed by atoms with Crippen LogP contribution in [0.25, 0.3) is 0 Å². The highest BCUT2D eigenvalue weighted by Gasteiger charge is 2.52. The van der Waals surface area contributed by atoms with Gasteiger partial charge >= 0.3 is 0 Å². The Morgan fingerprint density at radius 1 is 0.970 bits per heavy atom. The molecule has 174 valence electrons. The molecule has 0 saturated carbocycles. The van der Waals surface area contributed by atoms with Gasteiger partial charge in [-0.15, -0.1) is 0 Å². The van der Waals surface area contributed by atoms with Crippen molar-refractivity contribution in [1.29, 1.82) is 0 Å². The molecule has 2 atom stereocenters. The summed E-state index contributed by atoms with van der Waals surface area (Å²) >= 11 is 0. The summed E-state index contributed by atoms with van der Waals surface area (Å²) in [6, 6.07) is 13.8. The van der Waals surface area contributed by atoms with Crippen molar-refractivity contribution in [3.8, 4) is 17.2 Å². The van der Waals surface area contributed by atoms with E-state index in [1.165, 1.54) is 5.56 Å². The third-order valence-electron chi connectivity index (χ3n) is 7.99. The van der Waals surface area contributed by atoms with Crippen LogP contribution >= 0.6 is 0 Å². The average molecular weight is 450 g/mol. The van der Waals surface area contributed by atoms with E-state index in [4.69, 9.17) is 18.9 Å². The van der Waals surface area contributed by atoms with E-state index in [2.05, 4.69) is 26.0 Å². The van der Waals surface area contributed by atoms with Gasteiger partial charge in [-0.05, 0) is 56.7 Å². The van der Waals surface area contributed by atoms with Gasteiger partial charge in [-0.1, -0.05) is 24.3 Å². The minimum absolute atomic E-state index is 0.0251. The molecule has 4 heterocycles. The highest BCUT2D eigenvalue weighted by atomic mass is 16.6. The molecule has 6 rings (SSSR count). The maximum atomic E-state index is 13.4. The first-order chi connectivity index (χ1) is 16.0. The summed E-state index contributed by atoms with van der Waals surface area (Å²) in [6.07, 6.45) is 3.00. The quantitative estimate of drug-likeness (QED) is 0.635. The SMILES string of the molecule is CC1(C)Oc2ccccc2[C@H]2OCC3(CCN(C(=O)c4cccc5c4OCCO5)CC3)C[C@@H]21. The summed E-state index contributed by atoms with van der Waals surface area (Å²) in [7, 11) is 0. The first-order valence-corrected chi connectivity index (χ1v) is 12.0. The minimum atomic E-state index is -0.292. The Bertz CT molecular complexity index is 1070. The third kappa shape index (κ3) is 3.46. The lowest BCUT2D eigenvalue weighted by Gasteiger charge is -2.54. The molecule has 2 saturated heterocycles. The molecular formula is C27H31NO5. The molecule has 0 aromatic heterocycles. The van der Waals surface area contributed by atoms with Crippen molar-refractivity contribution in [3.63, 3.8) is 0 Å². The van der Waals surface area contributed by atoms with Gasteiger partial charge in [0.05, 0.1) is 18.3 Å². The van der Waals surface area contributed by atoms with E-state index in [1.807, 2.05) is 35.2 Å². The molecule has 1 spiro atoms. The topological polar surface area (TPSA) is 57.2 Å². The lowest BCUT2D eigenvalue weighted by atomic mass is 9.64. The van der Waals surface area contributed by atoms with E-state index in [0.717, 1.165) is 44.7 Å². The van der Waals surface area contributed by atoms with Crippen LogP contribution in [0, 0.1) is 11.3 Å². The van der Waals surface area contributed by atoms with Crippen molar-refractivity contribution in [1.82, 2.24) is 4.90 Å². The molecule has 6 heteroatoms. The fourth-order valence-electron chi connectivity index (χ4n) is 6.04. The Balaban J connectivity index is 1.18. The smallest absolute Gasteiger partial charge is 0.257 e. The maximum Gasteiger partial charge on any atom is 0.257 e. The first kappa shape index (κ1) is 20.8. The maximum absolute atomic E-state index is 13.4. The molecule has 0 radical (unpaired) electrons. The van der Waals surface area contributed by atoms with Gasteiger partial charge in [-0.3, -0.25) is 4.79 Å². The van der Waals surface area contributed by atoms with Gasteiger partial charge < -0.3 is 23.8 Å². The van der Waals surface area contributed by atoms with E-state index in [9.17, 15) is 4.79 Å². The van der Waals surface area contributed by atoms with E-state index in [-0.39, 0.29) is 28.9 Å². The molecule has 0 bridgehead atoms. The molecule has 33 heavy (non-hydrogen) atoms. The minimum Gasteiger partial charge on any atom is -0.487 e. The molecular weight excluding hydrogens is 418 g/mol. The number of carbonyl (C=O) groups is 1. The number of hydrogen-bond acceptors (Lipinski definition) is 5. The number of benzene rings is 2. The highest BCUT2D eigenvalue weighted by Crippen LogP contribution is 2.55. The van der Waals surface area contributed by atoms with Crippen molar-refractivity contribution in [3.05, 3.63) is 53.6 Å². The lowest BCUT2D eigenvalue weighted by Crippen LogP contribution is -2.54. The van der Waals surface area contributed by atoms with E-state index >= 15 is 0 Å². The Morgan fingerprint density at radius 2 is 1.73 bits per heavy atom. The number of amides is 1. The molecule has 0 aliphatic carbocycles. The number of para-hydroxylation sites is 2. The van der Waals surface area contributed by atoms with Crippen LogP contribution in [0.4, 0.5) is 0 Å². The third-order valence-corrected chi connectivity index (χ3v) is 7.99. The molecule has 4 aliphatic rings. The first-order valence-electron chi connectivity index (χ1n) is 12.0. The second-order valence-corrected chi connectivity index (χ2v) is 10.4. The number of likely N-dealkylation sites (tertiary alicyclic amines) is 1. The summed E-state index contributed by atoms with van der Waals surface area (Å²) in [4.78, 5) is 15.3. The van der Waals surface area contributed by atoms with Crippen LogP contribution in [0.2, 0.25) is 0 Å². The standard InChI is InChI=1S/C27H31NO5/c1-26(2)20-16-27(17-32-23(20)18-6-3-4-8-21(18)33-26)10-12-28(13-11-27)25(29)19-7-5-9-22-24(19)31-15-14-30-22/h3-9,20,23H,10-17H2,1-2H3/t20-,23+/m0/s1. The van der Waals surface area contributed by atoms with Gasteiger partial charge in [-0.2, -0.15) is 0 Å². The predicted octanol–water partition coefficient (Wildman–Crippen LogP) is 4.63. The predicted molar refractivity (Wildman–Crippen MR) is 123 cm³/mol. The zero-order chi connectivity index (χ0) is 22.6. The van der Waals surface area contributed by atoms with Crippen molar-refractivity contribution in [2.75, 3.05) is 32.9 Å². The van der Waals surface area contributed by atoms with Crippen LogP contribution in [0.15, 0.2) is 42.5 Å². The Morgan fingerprint density at radius 3 is 2.58 bits per heavy atom. The van der Waals surface area contributed by atoms with Gasteiger partial charge in [0.1, 0.15) is 24.6 Å². The fraction of sp³-hybridized carbons (Fsp3) is 0.519. The van der Waals surface area contributed by atoms with Gasteiger partial charge in [0.2, 0.25) is 0 Å². The van der Waals surface area contributed by atoms with Crippen LogP contribution in [-0.2, 0) is 4.74 Å². The number of ether oxygens (including phenoxy) is 4. The number of carbonyl (C=O) groups excluding carboxylic acids is 1. The molecule has 2 aromatic carbocycles. The number of rotatable bonds is 1. The van der Waals surface area contributed by atoms with E-state index < -0.39 is 0 Å². The zero-order valence-corrected chi connectivity index (χ0v) is 19.3. The number of piperidine rings is 1. The van der Waals surface area contributed by atoms with Crippen molar-refractivity contribution >= 4 is 5.91 Å². The van der Waals surface area contributed by atoms with Crippen LogP contribution in [0.1, 0.15) is 55.1 Å². The Kier molecular flexibility index (Phi) is 4.84. The summed E-state index contributed by atoms with van der Waals surface area (Å²) in [5.74, 6) is 2.49. The van der Waals surface area contributed by atoms with Crippen LogP contribution in [0.3, 0.4) is 0 Å². The monoisotopic (exact) mass is 449 g/mol. The Hall–Kier alpha value is -2.73. The molecule has 2 fully saturated rings. The normalized spacial score (nSPS) is 26.7. The van der Waals surface area contributed by atoms with Crippen molar-refractivity contribution in [2.24, 2.45) is 11.3 Å². The van der Waals surface area contributed by atoms with Gasteiger partial charge in [0.25, 0.3) is 5.91 Å². The van der Waals surface area contributed by atoms with Gasteiger partial charge in [0.15, 0.2) is 11.5 Å². The largest absolute Gasteiger partial charge is 0.487 e. The van der Waals surface area contributed by atoms with Crippen LogP contribution in [-0.4, -0.2) is 49.3 Å². The molecule has 4 aliphatic heterocycles. The fourth-order valence-corrected chi connectivity index (χ4v) is 6.04. The summed E-state index contributed by atoms with van der Waals surface area (Å²) < 4.78 is 24.4. The van der Waals surface area contributed by atoms with E-state index in [1.54, 1.807) is 0 Å². The second kappa shape index (κ2) is 7.66. The molecule has 2 aromatic rings. The van der Waals surface area contributed by atoms with E-state index in [0.29, 0.717) is 30.3 Å². The summed E-state index contributed by atoms with van der Waals surface area (Å²) in [5, 5.41) is 0. The highest BCUT2D eigenvalue weighted by molar-refractivity contribution is 5.98. The number of hydrogen-bond donors (Lipinski definition) is 0. The number of fused-ring (bicyclic) bond motifs is 4. The zero-order valence-electron chi connectivity index (χ0n) is 19.3. The molecule has 0 N–H and O–H groups in total. The van der Waals surface area contributed by atoms with Crippen LogP contribution in [0.5, 0.6) is 17.2 Å². The van der Waals surface area contributed by atoms with Crippen molar-refractivity contribution < 1.29 is 23.7 Å². The van der Waals surface area contributed by atoms with Crippen molar-refractivity contribution in [2.45, 2.75) is 44.8 Å². The van der Waals surface area contributed by atoms with Gasteiger partial charge in [-0.25, -0.2) is 0 Å². The average Bonchev–Trinajstić information content (AvgIpc) is 2.84. The number of nitrogens with zero attached hydrogens (tertiary/aromatic N) is 1. The second-order valence-electron chi connectivity index (χ2n) is 10.4. The summed E-state index contributed by atoms with van der Waals surface area (Å²) in [5.41, 5.74) is 1.56.